The summed E-state index contributed by atoms with van der Waals surface area (Å²) in [4.78, 5) is 2.37. The maximum atomic E-state index is 5.95. The summed E-state index contributed by atoms with van der Waals surface area (Å²) in [5.74, 6) is 1.55. The van der Waals surface area contributed by atoms with E-state index >= 15 is 0 Å². The lowest BCUT2D eigenvalue weighted by Gasteiger charge is -2.22. The minimum absolute atomic E-state index is 0.278. The fourth-order valence-electron chi connectivity index (χ4n) is 2.33. The van der Waals surface area contributed by atoms with Gasteiger partial charge in [0.05, 0.1) is 12.8 Å². The van der Waals surface area contributed by atoms with E-state index in [2.05, 4.69) is 24.0 Å². The van der Waals surface area contributed by atoms with Crippen molar-refractivity contribution >= 4 is 5.69 Å². The molecule has 0 spiro atoms. The second kappa shape index (κ2) is 4.74. The highest BCUT2D eigenvalue weighted by atomic mass is 16.5. The maximum Gasteiger partial charge on any atom is 0.142 e. The van der Waals surface area contributed by atoms with Crippen LogP contribution in [0.15, 0.2) is 24.3 Å². The molecule has 2 rings (SSSR count). The van der Waals surface area contributed by atoms with Gasteiger partial charge >= 0.3 is 0 Å². The van der Waals surface area contributed by atoms with Crippen molar-refractivity contribution in [2.24, 2.45) is 11.7 Å². The highest BCUT2D eigenvalue weighted by molar-refractivity contribution is 5.59. The van der Waals surface area contributed by atoms with Crippen molar-refractivity contribution in [3.63, 3.8) is 0 Å². The molecule has 1 aromatic rings. The molecule has 0 bridgehead atoms. The molecule has 1 aliphatic heterocycles. The van der Waals surface area contributed by atoms with Gasteiger partial charge in [0.1, 0.15) is 5.75 Å². The molecule has 2 atom stereocenters. The zero-order valence-electron chi connectivity index (χ0n) is 10.0. The largest absolute Gasteiger partial charge is 0.495 e. The van der Waals surface area contributed by atoms with E-state index in [1.54, 1.807) is 7.11 Å². The third-order valence-electron chi connectivity index (χ3n) is 3.39. The van der Waals surface area contributed by atoms with Crippen LogP contribution in [0.25, 0.3) is 0 Å². The fraction of sp³-hybridized carbons (Fsp3) is 0.538. The van der Waals surface area contributed by atoms with Crippen LogP contribution in [0, 0.1) is 5.92 Å². The van der Waals surface area contributed by atoms with Gasteiger partial charge in [-0.2, -0.15) is 0 Å². The summed E-state index contributed by atoms with van der Waals surface area (Å²) in [5.41, 5.74) is 7.14. The number of nitrogens with zero attached hydrogens (tertiary/aromatic N) is 1. The Kier molecular flexibility index (Phi) is 3.34. The molecule has 1 fully saturated rings. The van der Waals surface area contributed by atoms with Crippen LogP contribution in [0.4, 0.5) is 5.69 Å². The van der Waals surface area contributed by atoms with Crippen molar-refractivity contribution in [2.45, 2.75) is 19.4 Å². The topological polar surface area (TPSA) is 38.5 Å². The van der Waals surface area contributed by atoms with Gasteiger partial charge in [0.2, 0.25) is 0 Å². The number of rotatable bonds is 3. The predicted octanol–water partition coefficient (Wildman–Crippen LogP) is 1.87. The van der Waals surface area contributed by atoms with Gasteiger partial charge in [0, 0.05) is 19.1 Å². The maximum absolute atomic E-state index is 5.95. The van der Waals surface area contributed by atoms with Crippen LogP contribution in [-0.2, 0) is 0 Å². The lowest BCUT2D eigenvalue weighted by atomic mass is 10.0. The lowest BCUT2D eigenvalue weighted by molar-refractivity contribution is 0.414. The van der Waals surface area contributed by atoms with Crippen LogP contribution in [0.2, 0.25) is 0 Å². The molecule has 0 aromatic heterocycles. The first-order valence-electron chi connectivity index (χ1n) is 5.86. The molecule has 88 valence electrons. The molecule has 2 unspecified atom stereocenters. The summed E-state index contributed by atoms with van der Waals surface area (Å²) < 4.78 is 5.38. The molecule has 0 saturated carbocycles. The molecule has 0 amide bonds. The van der Waals surface area contributed by atoms with E-state index in [0.717, 1.165) is 18.8 Å². The zero-order valence-corrected chi connectivity index (χ0v) is 10.0. The van der Waals surface area contributed by atoms with Crippen molar-refractivity contribution in [2.75, 3.05) is 25.1 Å². The van der Waals surface area contributed by atoms with Crippen LogP contribution >= 0.6 is 0 Å². The Balaban J connectivity index is 2.14. The van der Waals surface area contributed by atoms with E-state index < -0.39 is 0 Å². The first-order valence-corrected chi connectivity index (χ1v) is 5.86. The zero-order chi connectivity index (χ0) is 11.5. The second-order valence-corrected chi connectivity index (χ2v) is 4.53. The number of hydrogen-bond donors (Lipinski definition) is 1. The number of hydrogen-bond acceptors (Lipinski definition) is 3. The number of para-hydroxylation sites is 2. The SMILES string of the molecule is COc1ccccc1N1CCC(C(C)N)C1. The van der Waals surface area contributed by atoms with Gasteiger partial charge < -0.3 is 15.4 Å². The summed E-state index contributed by atoms with van der Waals surface area (Å²) in [6.45, 7) is 4.21. The van der Waals surface area contributed by atoms with Crippen LogP contribution in [-0.4, -0.2) is 26.2 Å². The van der Waals surface area contributed by atoms with Crippen LogP contribution in [0.1, 0.15) is 13.3 Å². The van der Waals surface area contributed by atoms with Gasteiger partial charge in [-0.1, -0.05) is 12.1 Å². The quantitative estimate of drug-likeness (QED) is 0.845. The summed E-state index contributed by atoms with van der Waals surface area (Å²) in [6, 6.07) is 8.45. The minimum Gasteiger partial charge on any atom is -0.495 e. The smallest absolute Gasteiger partial charge is 0.142 e. The van der Waals surface area contributed by atoms with Crippen molar-refractivity contribution in [3.8, 4) is 5.75 Å². The highest BCUT2D eigenvalue weighted by Crippen LogP contribution is 2.32. The van der Waals surface area contributed by atoms with E-state index in [0.29, 0.717) is 5.92 Å². The molecular formula is C13H20N2O. The standard InChI is InChI=1S/C13H20N2O/c1-10(14)11-7-8-15(9-11)12-5-3-4-6-13(12)16-2/h3-6,10-11H,7-9,14H2,1-2H3. The average molecular weight is 220 g/mol. The third kappa shape index (κ3) is 2.14. The minimum atomic E-state index is 0.278. The molecule has 0 aliphatic carbocycles. The number of methoxy groups -OCH3 is 1. The summed E-state index contributed by atoms with van der Waals surface area (Å²) in [7, 11) is 1.72. The Morgan fingerprint density at radius 2 is 2.19 bits per heavy atom. The number of ether oxygens (including phenoxy) is 1. The van der Waals surface area contributed by atoms with Crippen molar-refractivity contribution < 1.29 is 4.74 Å². The van der Waals surface area contributed by atoms with Gasteiger partial charge in [-0.25, -0.2) is 0 Å². The molecule has 0 radical (unpaired) electrons. The van der Waals surface area contributed by atoms with Crippen molar-refractivity contribution in [1.29, 1.82) is 0 Å². The van der Waals surface area contributed by atoms with E-state index in [1.165, 1.54) is 12.1 Å². The third-order valence-corrected chi connectivity index (χ3v) is 3.39. The van der Waals surface area contributed by atoms with E-state index in [-0.39, 0.29) is 6.04 Å². The Labute approximate surface area is 97.2 Å². The van der Waals surface area contributed by atoms with E-state index in [4.69, 9.17) is 10.5 Å². The number of benzene rings is 1. The molecule has 1 aliphatic rings. The second-order valence-electron chi connectivity index (χ2n) is 4.53. The fourth-order valence-corrected chi connectivity index (χ4v) is 2.33. The molecule has 2 N–H and O–H groups in total. The van der Waals surface area contributed by atoms with Gasteiger partial charge in [-0.05, 0) is 31.4 Å². The first kappa shape index (κ1) is 11.3. The Hall–Kier alpha value is -1.22. The molecule has 1 saturated heterocycles. The summed E-state index contributed by atoms with van der Waals surface area (Å²) in [5, 5.41) is 0. The normalized spacial score (nSPS) is 22.2. The molecule has 1 heterocycles. The first-order chi connectivity index (χ1) is 7.72. The Bertz CT molecular complexity index is 352. The summed E-state index contributed by atoms with van der Waals surface area (Å²) >= 11 is 0. The van der Waals surface area contributed by atoms with Gasteiger partial charge in [0.25, 0.3) is 0 Å². The van der Waals surface area contributed by atoms with Crippen molar-refractivity contribution in [1.82, 2.24) is 0 Å². The van der Waals surface area contributed by atoms with Gasteiger partial charge in [-0.3, -0.25) is 0 Å². The number of anilines is 1. The van der Waals surface area contributed by atoms with Gasteiger partial charge in [0.15, 0.2) is 0 Å². The molecule has 1 aromatic carbocycles. The molecule has 3 nitrogen and oxygen atoms in total. The average Bonchev–Trinajstić information content (AvgIpc) is 2.78. The van der Waals surface area contributed by atoms with Crippen LogP contribution in [0.5, 0.6) is 5.75 Å². The lowest BCUT2D eigenvalue weighted by Crippen LogP contribution is -2.29. The predicted molar refractivity (Wildman–Crippen MR) is 67.0 cm³/mol. The van der Waals surface area contributed by atoms with E-state index in [1.807, 2.05) is 12.1 Å². The van der Waals surface area contributed by atoms with Crippen LogP contribution < -0.4 is 15.4 Å². The molecule has 16 heavy (non-hydrogen) atoms. The molecule has 3 heteroatoms. The van der Waals surface area contributed by atoms with Crippen LogP contribution in [0.3, 0.4) is 0 Å². The Morgan fingerprint density at radius 3 is 2.81 bits per heavy atom. The highest BCUT2D eigenvalue weighted by Gasteiger charge is 2.26. The number of nitrogens with two attached hydrogens (primary N) is 1. The monoisotopic (exact) mass is 220 g/mol. The summed E-state index contributed by atoms with van der Waals surface area (Å²) in [6.07, 6.45) is 1.18. The Morgan fingerprint density at radius 1 is 1.44 bits per heavy atom. The molecular weight excluding hydrogens is 200 g/mol. The van der Waals surface area contributed by atoms with E-state index in [9.17, 15) is 0 Å². The van der Waals surface area contributed by atoms with Gasteiger partial charge in [-0.15, -0.1) is 0 Å². The van der Waals surface area contributed by atoms with Crippen molar-refractivity contribution in [3.05, 3.63) is 24.3 Å².